The van der Waals surface area contributed by atoms with Gasteiger partial charge in [0.25, 0.3) is 10.0 Å². The molecular weight excluding hydrogens is 525 g/mol. The van der Waals surface area contributed by atoms with Gasteiger partial charge in [-0.1, -0.05) is 18.2 Å². The first-order valence-corrected chi connectivity index (χ1v) is 13.1. The van der Waals surface area contributed by atoms with Gasteiger partial charge in [0.05, 0.1) is 4.90 Å². The summed E-state index contributed by atoms with van der Waals surface area (Å²) in [6.45, 7) is 0. The van der Waals surface area contributed by atoms with Gasteiger partial charge in [0, 0.05) is 41.1 Å². The molecule has 0 saturated carbocycles. The first kappa shape index (κ1) is 26.5. The van der Waals surface area contributed by atoms with Crippen LogP contribution in [0.25, 0.3) is 0 Å². The fraction of sp³-hybridized carbons (Fsp3) is 0. The first-order valence-electron chi connectivity index (χ1n) is 11.2. The number of nitrogens with zero attached hydrogens (tertiary/aromatic N) is 1. The number of rotatable bonds is 9. The zero-order valence-electron chi connectivity index (χ0n) is 19.8. The summed E-state index contributed by atoms with van der Waals surface area (Å²) in [6.07, 6.45) is 4.35. The van der Waals surface area contributed by atoms with E-state index in [1.54, 1.807) is 66.7 Å². The standard InChI is InChI=1S/C27H22FN5O3S2/c28-20-7-9-21(10-8-20)29-17-15-25(34)19-4-3-5-23(18-19)32-27(37)31-22-11-13-24(14-12-22)38(35,36)33-26-6-1-2-16-30-26/h1-18,29H,(H,30,33)(H2,31,32,37)/b17-15+. The van der Waals surface area contributed by atoms with Crippen LogP contribution in [0.5, 0.6) is 0 Å². The molecule has 0 radical (unpaired) electrons. The molecule has 0 atom stereocenters. The van der Waals surface area contributed by atoms with Gasteiger partial charge in [0.1, 0.15) is 11.6 Å². The second-order valence-corrected chi connectivity index (χ2v) is 9.94. The van der Waals surface area contributed by atoms with Gasteiger partial charge in [-0.2, -0.15) is 0 Å². The maximum absolute atomic E-state index is 13.0. The summed E-state index contributed by atoms with van der Waals surface area (Å²) in [5.41, 5.74) is 2.25. The van der Waals surface area contributed by atoms with E-state index in [-0.39, 0.29) is 27.4 Å². The maximum atomic E-state index is 13.0. The summed E-state index contributed by atoms with van der Waals surface area (Å²) < 4.78 is 40.5. The van der Waals surface area contributed by atoms with E-state index in [9.17, 15) is 17.6 Å². The number of hydrogen-bond acceptors (Lipinski definition) is 6. The third-order valence-corrected chi connectivity index (χ3v) is 6.63. The van der Waals surface area contributed by atoms with Gasteiger partial charge in [-0.15, -0.1) is 0 Å². The summed E-state index contributed by atoms with van der Waals surface area (Å²) in [4.78, 5) is 16.6. The zero-order chi connectivity index (χ0) is 27.0. The number of allylic oxidation sites excluding steroid dienone is 1. The monoisotopic (exact) mass is 547 g/mol. The van der Waals surface area contributed by atoms with Crippen molar-refractivity contribution >= 4 is 56.0 Å². The number of nitrogens with one attached hydrogen (secondary N) is 4. The molecule has 4 rings (SSSR count). The molecule has 1 heterocycles. The Morgan fingerprint density at radius 3 is 2.26 bits per heavy atom. The Hall–Kier alpha value is -4.61. The SMILES string of the molecule is O=C(/C=C/Nc1ccc(F)cc1)c1cccc(NC(=S)Nc2ccc(S(=O)(=O)Nc3ccccn3)cc2)c1. The van der Waals surface area contributed by atoms with Crippen LogP contribution in [-0.4, -0.2) is 24.3 Å². The molecule has 192 valence electrons. The van der Waals surface area contributed by atoms with Crippen molar-refractivity contribution in [2.75, 3.05) is 20.7 Å². The second-order valence-electron chi connectivity index (χ2n) is 7.85. The molecule has 38 heavy (non-hydrogen) atoms. The molecule has 11 heteroatoms. The number of sulfonamides is 1. The van der Waals surface area contributed by atoms with Crippen molar-refractivity contribution in [2.24, 2.45) is 0 Å². The Kier molecular flexibility index (Phi) is 8.41. The molecular formula is C27H22FN5O3S2. The number of anilines is 4. The summed E-state index contributed by atoms with van der Waals surface area (Å²) in [6, 6.07) is 23.5. The smallest absolute Gasteiger partial charge is 0.263 e. The number of pyridine rings is 1. The number of benzene rings is 3. The molecule has 0 saturated heterocycles. The topological polar surface area (TPSA) is 112 Å². The summed E-state index contributed by atoms with van der Waals surface area (Å²) in [5, 5.41) is 9.15. The molecule has 4 aromatic rings. The van der Waals surface area contributed by atoms with E-state index in [0.29, 0.717) is 22.6 Å². The van der Waals surface area contributed by atoms with Crippen LogP contribution in [0, 0.1) is 5.82 Å². The second kappa shape index (κ2) is 12.1. The van der Waals surface area contributed by atoms with Crippen molar-refractivity contribution in [1.29, 1.82) is 0 Å². The van der Waals surface area contributed by atoms with E-state index in [1.807, 2.05) is 0 Å². The number of carbonyl (C=O) groups is 1. The average molecular weight is 548 g/mol. The Bertz CT molecular complexity index is 1560. The van der Waals surface area contributed by atoms with E-state index in [2.05, 4.69) is 25.7 Å². The molecule has 8 nitrogen and oxygen atoms in total. The Labute approximate surface area is 224 Å². The van der Waals surface area contributed by atoms with Crippen LogP contribution in [0.15, 0.2) is 114 Å². The Morgan fingerprint density at radius 1 is 0.842 bits per heavy atom. The van der Waals surface area contributed by atoms with Crippen LogP contribution in [0.1, 0.15) is 10.4 Å². The number of aromatic nitrogens is 1. The minimum atomic E-state index is -3.79. The molecule has 0 aliphatic rings. The highest BCUT2D eigenvalue weighted by molar-refractivity contribution is 7.92. The van der Waals surface area contributed by atoms with Crippen molar-refractivity contribution in [2.45, 2.75) is 4.90 Å². The van der Waals surface area contributed by atoms with Crippen molar-refractivity contribution in [3.8, 4) is 0 Å². The summed E-state index contributed by atoms with van der Waals surface area (Å²) in [5.74, 6) is -0.357. The molecule has 0 spiro atoms. The largest absolute Gasteiger partial charge is 0.362 e. The third kappa shape index (κ3) is 7.45. The lowest BCUT2D eigenvalue weighted by Crippen LogP contribution is -2.19. The van der Waals surface area contributed by atoms with Crippen LogP contribution in [0.2, 0.25) is 0 Å². The lowest BCUT2D eigenvalue weighted by atomic mass is 10.1. The Balaban J connectivity index is 1.33. The Morgan fingerprint density at radius 2 is 1.55 bits per heavy atom. The van der Waals surface area contributed by atoms with Gasteiger partial charge in [-0.3, -0.25) is 9.52 Å². The lowest BCUT2D eigenvalue weighted by molar-refractivity contribution is 0.104. The molecule has 0 amide bonds. The van der Waals surface area contributed by atoms with Crippen molar-refractivity contribution in [3.63, 3.8) is 0 Å². The molecule has 3 aromatic carbocycles. The zero-order valence-corrected chi connectivity index (χ0v) is 21.4. The van der Waals surface area contributed by atoms with Gasteiger partial charge in [0.2, 0.25) is 0 Å². The minimum Gasteiger partial charge on any atom is -0.362 e. The van der Waals surface area contributed by atoms with Crippen LogP contribution in [-0.2, 0) is 10.0 Å². The quantitative estimate of drug-likeness (QED) is 0.121. The van der Waals surface area contributed by atoms with E-state index in [1.165, 1.54) is 42.7 Å². The summed E-state index contributed by atoms with van der Waals surface area (Å²) in [7, 11) is -3.79. The van der Waals surface area contributed by atoms with Gasteiger partial charge < -0.3 is 16.0 Å². The molecule has 0 aliphatic heterocycles. The molecule has 0 bridgehead atoms. The van der Waals surface area contributed by atoms with Crippen molar-refractivity contribution < 1.29 is 17.6 Å². The fourth-order valence-electron chi connectivity index (χ4n) is 3.24. The van der Waals surface area contributed by atoms with Gasteiger partial charge in [-0.25, -0.2) is 17.8 Å². The predicted molar refractivity (Wildman–Crippen MR) is 151 cm³/mol. The summed E-state index contributed by atoms with van der Waals surface area (Å²) >= 11 is 5.36. The van der Waals surface area contributed by atoms with Crippen LogP contribution in [0.3, 0.4) is 0 Å². The molecule has 1 aromatic heterocycles. The fourth-order valence-corrected chi connectivity index (χ4v) is 4.48. The first-order chi connectivity index (χ1) is 18.3. The van der Waals surface area contributed by atoms with Gasteiger partial charge in [-0.05, 0) is 85.0 Å². The highest BCUT2D eigenvalue weighted by Gasteiger charge is 2.14. The average Bonchev–Trinajstić information content (AvgIpc) is 2.90. The van der Waals surface area contributed by atoms with Crippen LogP contribution < -0.4 is 20.7 Å². The third-order valence-electron chi connectivity index (χ3n) is 5.06. The number of hydrogen-bond donors (Lipinski definition) is 4. The maximum Gasteiger partial charge on any atom is 0.263 e. The molecule has 0 unspecified atom stereocenters. The minimum absolute atomic E-state index is 0.0702. The molecule has 0 fully saturated rings. The van der Waals surface area contributed by atoms with Crippen LogP contribution in [0.4, 0.5) is 27.3 Å². The van der Waals surface area contributed by atoms with Gasteiger partial charge in [0.15, 0.2) is 10.9 Å². The number of ketones is 1. The molecule has 4 N–H and O–H groups in total. The van der Waals surface area contributed by atoms with Crippen molar-refractivity contribution in [3.05, 3.63) is 121 Å². The molecule has 0 aliphatic carbocycles. The van der Waals surface area contributed by atoms with Gasteiger partial charge >= 0.3 is 0 Å². The number of thiocarbonyl (C=S) groups is 1. The lowest BCUT2D eigenvalue weighted by Gasteiger charge is -2.12. The van der Waals surface area contributed by atoms with E-state index in [4.69, 9.17) is 12.2 Å². The van der Waals surface area contributed by atoms with Crippen LogP contribution >= 0.6 is 12.2 Å². The highest BCUT2D eigenvalue weighted by atomic mass is 32.2. The number of halogens is 1. The van der Waals surface area contributed by atoms with E-state index < -0.39 is 10.0 Å². The van der Waals surface area contributed by atoms with Crippen molar-refractivity contribution in [1.82, 2.24) is 4.98 Å². The normalized spacial score (nSPS) is 11.1. The van der Waals surface area contributed by atoms with E-state index >= 15 is 0 Å². The predicted octanol–water partition coefficient (Wildman–Crippen LogP) is 5.64. The highest BCUT2D eigenvalue weighted by Crippen LogP contribution is 2.18. The number of carbonyl (C=O) groups excluding carboxylic acids is 1. The van der Waals surface area contributed by atoms with E-state index in [0.717, 1.165) is 0 Å².